The van der Waals surface area contributed by atoms with Crippen LogP contribution in [0.25, 0.3) is 0 Å². The van der Waals surface area contributed by atoms with Crippen molar-refractivity contribution in [1.29, 1.82) is 0 Å². The van der Waals surface area contributed by atoms with Gasteiger partial charge in [-0.1, -0.05) is 13.8 Å². The van der Waals surface area contributed by atoms with E-state index < -0.39 is 0 Å². The van der Waals surface area contributed by atoms with Crippen LogP contribution in [-0.4, -0.2) is 54.8 Å². The van der Waals surface area contributed by atoms with Crippen LogP contribution in [0.1, 0.15) is 36.2 Å². The lowest BCUT2D eigenvalue weighted by molar-refractivity contribution is -0.117. The highest BCUT2D eigenvalue weighted by Gasteiger charge is 2.33. The molecule has 2 heterocycles. The summed E-state index contributed by atoms with van der Waals surface area (Å²) in [6.45, 7) is 7.47. The second kappa shape index (κ2) is 5.39. The van der Waals surface area contributed by atoms with E-state index in [2.05, 4.69) is 31.1 Å². The Morgan fingerprint density at radius 2 is 1.86 bits per heavy atom. The Balaban J connectivity index is 1.87. The first kappa shape index (κ1) is 15.0. The van der Waals surface area contributed by atoms with Gasteiger partial charge < -0.3 is 15.1 Å². The number of benzene rings is 1. The van der Waals surface area contributed by atoms with Crippen LogP contribution in [0.4, 0.5) is 5.69 Å². The Bertz CT molecular complexity index is 616. The molecule has 0 radical (unpaired) electrons. The molecule has 118 valence electrons. The number of amides is 2. The summed E-state index contributed by atoms with van der Waals surface area (Å²) in [5.74, 6) is 0.124. The van der Waals surface area contributed by atoms with Gasteiger partial charge in [0.2, 0.25) is 5.91 Å². The molecule has 0 unspecified atom stereocenters. The number of carbonyl (C=O) groups excluding carboxylic acids is 2. The molecule has 1 N–H and O–H groups in total. The second-order valence-electron chi connectivity index (χ2n) is 6.96. The van der Waals surface area contributed by atoms with Crippen LogP contribution in [0.5, 0.6) is 0 Å². The molecule has 22 heavy (non-hydrogen) atoms. The summed E-state index contributed by atoms with van der Waals surface area (Å²) in [6.07, 6.45) is 0.451. The van der Waals surface area contributed by atoms with E-state index >= 15 is 0 Å². The van der Waals surface area contributed by atoms with Crippen LogP contribution < -0.4 is 5.32 Å². The van der Waals surface area contributed by atoms with Crippen molar-refractivity contribution in [2.45, 2.75) is 25.7 Å². The maximum Gasteiger partial charge on any atom is 0.253 e. The van der Waals surface area contributed by atoms with Crippen LogP contribution in [-0.2, 0) is 10.2 Å². The second-order valence-corrected chi connectivity index (χ2v) is 6.96. The minimum absolute atomic E-state index is 0.0376. The fourth-order valence-corrected chi connectivity index (χ4v) is 3.23. The number of hydrogen-bond acceptors (Lipinski definition) is 3. The van der Waals surface area contributed by atoms with Gasteiger partial charge in [-0.05, 0) is 30.8 Å². The summed E-state index contributed by atoms with van der Waals surface area (Å²) in [5, 5.41) is 2.90. The summed E-state index contributed by atoms with van der Waals surface area (Å²) in [7, 11) is 2.08. The van der Waals surface area contributed by atoms with Gasteiger partial charge in [-0.15, -0.1) is 0 Å². The number of piperazine rings is 1. The van der Waals surface area contributed by atoms with Crippen LogP contribution in [0.2, 0.25) is 0 Å². The predicted octanol–water partition coefficient (Wildman–Crippen LogP) is 1.69. The van der Waals surface area contributed by atoms with Crippen LogP contribution >= 0.6 is 0 Å². The van der Waals surface area contributed by atoms with E-state index in [1.54, 1.807) is 0 Å². The zero-order valence-corrected chi connectivity index (χ0v) is 13.5. The highest BCUT2D eigenvalue weighted by Crippen LogP contribution is 2.37. The van der Waals surface area contributed by atoms with E-state index in [0.29, 0.717) is 12.0 Å². The Labute approximate surface area is 131 Å². The summed E-state index contributed by atoms with van der Waals surface area (Å²) < 4.78 is 0. The molecule has 5 heteroatoms. The lowest BCUT2D eigenvalue weighted by atomic mass is 9.77. The van der Waals surface area contributed by atoms with Crippen molar-refractivity contribution in [3.63, 3.8) is 0 Å². The number of hydrogen-bond donors (Lipinski definition) is 1. The third-order valence-electron chi connectivity index (χ3n) is 4.66. The molecule has 0 saturated carbocycles. The first-order valence-corrected chi connectivity index (χ1v) is 7.79. The van der Waals surface area contributed by atoms with Gasteiger partial charge in [0.05, 0.1) is 0 Å². The number of carbonyl (C=O) groups is 2. The van der Waals surface area contributed by atoms with Gasteiger partial charge >= 0.3 is 0 Å². The molecule has 2 aliphatic heterocycles. The molecule has 1 aromatic carbocycles. The Kier molecular flexibility index (Phi) is 3.68. The van der Waals surface area contributed by atoms with E-state index in [-0.39, 0.29) is 17.2 Å². The molecule has 0 aliphatic carbocycles. The zero-order valence-electron chi connectivity index (χ0n) is 13.5. The number of nitrogens with zero attached hydrogens (tertiary/aromatic N) is 2. The van der Waals surface area contributed by atoms with E-state index in [4.69, 9.17) is 0 Å². The van der Waals surface area contributed by atoms with Crippen molar-refractivity contribution in [3.8, 4) is 0 Å². The smallest absolute Gasteiger partial charge is 0.253 e. The monoisotopic (exact) mass is 301 g/mol. The van der Waals surface area contributed by atoms with Crippen molar-refractivity contribution in [3.05, 3.63) is 29.3 Å². The van der Waals surface area contributed by atoms with Gasteiger partial charge in [0.1, 0.15) is 0 Å². The molecular weight excluding hydrogens is 278 g/mol. The van der Waals surface area contributed by atoms with Gasteiger partial charge in [0, 0.05) is 49.3 Å². The summed E-state index contributed by atoms with van der Waals surface area (Å²) >= 11 is 0. The summed E-state index contributed by atoms with van der Waals surface area (Å²) in [6, 6.07) is 5.63. The fourth-order valence-electron chi connectivity index (χ4n) is 3.23. The Hall–Kier alpha value is -1.88. The molecule has 0 bridgehead atoms. The third-order valence-corrected chi connectivity index (χ3v) is 4.66. The molecule has 1 saturated heterocycles. The molecule has 2 amide bonds. The molecule has 3 rings (SSSR count). The summed E-state index contributed by atoms with van der Waals surface area (Å²) in [5.41, 5.74) is 2.35. The van der Waals surface area contributed by atoms with Crippen molar-refractivity contribution in [2.24, 2.45) is 0 Å². The lowest BCUT2D eigenvalue weighted by Crippen LogP contribution is -2.47. The van der Waals surface area contributed by atoms with Gasteiger partial charge in [0.15, 0.2) is 0 Å². The molecule has 0 aromatic heterocycles. The predicted molar refractivity (Wildman–Crippen MR) is 86.1 cm³/mol. The lowest BCUT2D eigenvalue weighted by Gasteiger charge is -2.34. The van der Waals surface area contributed by atoms with E-state index in [0.717, 1.165) is 37.4 Å². The first-order chi connectivity index (χ1) is 10.4. The zero-order chi connectivity index (χ0) is 15.9. The highest BCUT2D eigenvalue weighted by molar-refractivity contribution is 5.99. The highest BCUT2D eigenvalue weighted by atomic mass is 16.2. The van der Waals surface area contributed by atoms with Gasteiger partial charge in [-0.2, -0.15) is 0 Å². The van der Waals surface area contributed by atoms with Gasteiger partial charge in [-0.25, -0.2) is 0 Å². The quantitative estimate of drug-likeness (QED) is 0.859. The third kappa shape index (κ3) is 2.73. The van der Waals surface area contributed by atoms with Gasteiger partial charge in [0.25, 0.3) is 5.91 Å². The average Bonchev–Trinajstić information content (AvgIpc) is 2.46. The van der Waals surface area contributed by atoms with E-state index in [9.17, 15) is 9.59 Å². The topological polar surface area (TPSA) is 52.7 Å². The van der Waals surface area contributed by atoms with Crippen molar-refractivity contribution in [2.75, 3.05) is 38.5 Å². The summed E-state index contributed by atoms with van der Waals surface area (Å²) in [4.78, 5) is 28.6. The fraction of sp³-hybridized carbons (Fsp3) is 0.529. The molecule has 1 aromatic rings. The van der Waals surface area contributed by atoms with Crippen molar-refractivity contribution < 1.29 is 9.59 Å². The van der Waals surface area contributed by atoms with Crippen molar-refractivity contribution >= 4 is 17.5 Å². The van der Waals surface area contributed by atoms with Crippen LogP contribution in [0, 0.1) is 0 Å². The minimum Gasteiger partial charge on any atom is -0.336 e. The number of anilines is 1. The average molecular weight is 301 g/mol. The maximum atomic E-state index is 12.7. The van der Waals surface area contributed by atoms with E-state index in [1.807, 2.05) is 23.1 Å². The molecule has 2 aliphatic rings. The number of nitrogens with one attached hydrogen (secondary N) is 1. The maximum absolute atomic E-state index is 12.7. The number of likely N-dealkylation sites (N-methyl/N-ethyl adjacent to an activating group) is 1. The van der Waals surface area contributed by atoms with Crippen LogP contribution in [0.15, 0.2) is 18.2 Å². The minimum atomic E-state index is -0.240. The van der Waals surface area contributed by atoms with Crippen LogP contribution in [0.3, 0.4) is 0 Å². The van der Waals surface area contributed by atoms with Crippen molar-refractivity contribution in [1.82, 2.24) is 9.80 Å². The Morgan fingerprint density at radius 1 is 1.18 bits per heavy atom. The molecule has 5 nitrogen and oxygen atoms in total. The molecular formula is C17H23N3O2. The Morgan fingerprint density at radius 3 is 2.55 bits per heavy atom. The molecule has 1 fully saturated rings. The normalized spacial score (nSPS) is 21.2. The molecule has 0 atom stereocenters. The van der Waals surface area contributed by atoms with Gasteiger partial charge in [-0.3, -0.25) is 9.59 Å². The number of rotatable bonds is 1. The number of fused-ring (bicyclic) bond motifs is 1. The van der Waals surface area contributed by atoms with E-state index in [1.165, 1.54) is 0 Å². The largest absolute Gasteiger partial charge is 0.336 e. The standard InChI is InChI=1S/C17H23N3O2/c1-17(2)11-15(21)18-14-5-4-12(10-13(14)17)16(22)20-8-6-19(3)7-9-20/h4-5,10H,6-9,11H2,1-3H3,(H,18,21). The first-order valence-electron chi connectivity index (χ1n) is 7.79. The SMILES string of the molecule is CN1CCN(C(=O)c2ccc3c(c2)C(C)(C)CC(=O)N3)CC1. The molecule has 0 spiro atoms.